The van der Waals surface area contributed by atoms with Gasteiger partial charge in [-0.25, -0.2) is 8.42 Å². The molecule has 1 N–H and O–H groups in total. The molecule has 0 radical (unpaired) electrons. The van der Waals surface area contributed by atoms with Crippen LogP contribution < -0.4 is 9.62 Å². The Morgan fingerprint density at radius 2 is 1.49 bits per heavy atom. The number of rotatable bonds is 11. The third-order valence-electron chi connectivity index (χ3n) is 6.39. The highest BCUT2D eigenvalue weighted by Gasteiger charge is 2.34. The SMILES string of the molecule is CCNC(=O)[C@H](CC)N(Cc1ccccc1)C(=O)CN(c1cccc(C)c1C)S(=O)(=O)c1ccccc1. The van der Waals surface area contributed by atoms with Crippen LogP contribution >= 0.6 is 0 Å². The van der Waals surface area contributed by atoms with Crippen LogP contribution in [0.2, 0.25) is 0 Å². The molecular formula is C29H35N3O4S. The molecule has 3 aromatic rings. The number of aryl methyl sites for hydroxylation is 1. The minimum absolute atomic E-state index is 0.0917. The topological polar surface area (TPSA) is 86.8 Å². The molecule has 3 rings (SSSR count). The van der Waals surface area contributed by atoms with E-state index in [1.165, 1.54) is 17.0 Å². The van der Waals surface area contributed by atoms with E-state index in [-0.39, 0.29) is 17.3 Å². The van der Waals surface area contributed by atoms with Crippen molar-refractivity contribution in [1.82, 2.24) is 10.2 Å². The van der Waals surface area contributed by atoms with Crippen molar-refractivity contribution in [3.05, 3.63) is 95.6 Å². The molecule has 0 aromatic heterocycles. The number of benzene rings is 3. The number of anilines is 1. The number of amides is 2. The van der Waals surface area contributed by atoms with Crippen LogP contribution in [0.1, 0.15) is 37.0 Å². The van der Waals surface area contributed by atoms with Crippen LogP contribution in [0, 0.1) is 13.8 Å². The maximum absolute atomic E-state index is 14.0. The Hall–Kier alpha value is -3.65. The molecule has 2 amide bonds. The number of hydrogen-bond donors (Lipinski definition) is 1. The Kier molecular flexibility index (Phi) is 9.47. The monoisotopic (exact) mass is 521 g/mol. The lowest BCUT2D eigenvalue weighted by molar-refractivity contribution is -0.140. The molecule has 0 unspecified atom stereocenters. The van der Waals surface area contributed by atoms with E-state index >= 15 is 0 Å². The van der Waals surface area contributed by atoms with Crippen molar-refractivity contribution in [2.75, 3.05) is 17.4 Å². The molecule has 0 aliphatic carbocycles. The Bertz CT molecular complexity index is 1310. The van der Waals surface area contributed by atoms with Crippen molar-refractivity contribution in [2.24, 2.45) is 0 Å². The van der Waals surface area contributed by atoms with Gasteiger partial charge in [-0.15, -0.1) is 0 Å². The van der Waals surface area contributed by atoms with Crippen molar-refractivity contribution in [3.8, 4) is 0 Å². The van der Waals surface area contributed by atoms with Gasteiger partial charge in [0.1, 0.15) is 12.6 Å². The van der Waals surface area contributed by atoms with Crippen LogP contribution in [0.25, 0.3) is 0 Å². The van der Waals surface area contributed by atoms with E-state index in [1.54, 1.807) is 30.3 Å². The standard InChI is InChI=1S/C29H35N3O4S/c1-5-26(29(34)30-6-2)31(20-24-15-9-7-10-16-24)28(33)21-32(27-19-13-14-22(3)23(27)4)37(35,36)25-17-11-8-12-18-25/h7-19,26H,5-6,20-21H2,1-4H3,(H,30,34)/t26-/m0/s1. The van der Waals surface area contributed by atoms with Gasteiger partial charge in [0.25, 0.3) is 10.0 Å². The van der Waals surface area contributed by atoms with E-state index in [1.807, 2.05) is 64.1 Å². The lowest BCUT2D eigenvalue weighted by atomic mass is 10.1. The summed E-state index contributed by atoms with van der Waals surface area (Å²) in [6.45, 7) is 7.58. The van der Waals surface area contributed by atoms with Crippen molar-refractivity contribution < 1.29 is 18.0 Å². The minimum atomic E-state index is -4.07. The smallest absolute Gasteiger partial charge is 0.264 e. The molecule has 37 heavy (non-hydrogen) atoms. The van der Waals surface area contributed by atoms with Gasteiger partial charge < -0.3 is 10.2 Å². The van der Waals surface area contributed by atoms with Crippen molar-refractivity contribution >= 4 is 27.5 Å². The number of sulfonamides is 1. The van der Waals surface area contributed by atoms with E-state index in [0.717, 1.165) is 21.0 Å². The molecule has 1 atom stereocenters. The molecule has 0 heterocycles. The lowest BCUT2D eigenvalue weighted by Gasteiger charge is -2.33. The fraction of sp³-hybridized carbons (Fsp3) is 0.310. The van der Waals surface area contributed by atoms with Gasteiger partial charge in [0.05, 0.1) is 10.6 Å². The zero-order chi connectivity index (χ0) is 27.0. The van der Waals surface area contributed by atoms with Gasteiger partial charge in [0.15, 0.2) is 0 Å². The van der Waals surface area contributed by atoms with Crippen LogP contribution in [-0.4, -0.2) is 44.3 Å². The van der Waals surface area contributed by atoms with E-state index in [0.29, 0.717) is 18.7 Å². The third kappa shape index (κ3) is 6.57. The molecule has 0 aliphatic heterocycles. The summed E-state index contributed by atoms with van der Waals surface area (Å²) >= 11 is 0. The summed E-state index contributed by atoms with van der Waals surface area (Å²) in [5, 5.41) is 2.81. The first-order chi connectivity index (χ1) is 17.7. The highest BCUT2D eigenvalue weighted by atomic mass is 32.2. The second-order valence-corrected chi connectivity index (χ2v) is 10.7. The Labute approximate surface area is 220 Å². The largest absolute Gasteiger partial charge is 0.355 e. The fourth-order valence-corrected chi connectivity index (χ4v) is 5.72. The molecule has 0 saturated heterocycles. The summed E-state index contributed by atoms with van der Waals surface area (Å²) in [5.41, 5.74) is 2.96. The maximum Gasteiger partial charge on any atom is 0.264 e. The minimum Gasteiger partial charge on any atom is -0.355 e. The van der Waals surface area contributed by atoms with Gasteiger partial charge >= 0.3 is 0 Å². The summed E-state index contributed by atoms with van der Waals surface area (Å²) in [4.78, 5) is 28.5. The molecule has 8 heteroatoms. The molecule has 0 saturated carbocycles. The normalized spacial score (nSPS) is 12.0. The average molecular weight is 522 g/mol. The molecule has 0 bridgehead atoms. The number of likely N-dealkylation sites (N-methyl/N-ethyl adjacent to an activating group) is 1. The van der Waals surface area contributed by atoms with E-state index in [4.69, 9.17) is 0 Å². The first-order valence-electron chi connectivity index (χ1n) is 12.5. The van der Waals surface area contributed by atoms with Crippen molar-refractivity contribution in [2.45, 2.75) is 51.6 Å². The van der Waals surface area contributed by atoms with Crippen LogP contribution in [0.5, 0.6) is 0 Å². The van der Waals surface area contributed by atoms with Gasteiger partial charge in [-0.1, -0.05) is 67.6 Å². The van der Waals surface area contributed by atoms with Crippen LogP contribution in [0.4, 0.5) is 5.69 Å². The third-order valence-corrected chi connectivity index (χ3v) is 8.16. The quantitative estimate of drug-likeness (QED) is 0.404. The van der Waals surface area contributed by atoms with E-state index in [2.05, 4.69) is 5.32 Å². The second kappa shape index (κ2) is 12.5. The Morgan fingerprint density at radius 3 is 2.08 bits per heavy atom. The van der Waals surface area contributed by atoms with Gasteiger partial charge in [-0.2, -0.15) is 0 Å². The molecule has 0 fully saturated rings. The second-order valence-electron chi connectivity index (χ2n) is 8.87. The summed E-state index contributed by atoms with van der Waals surface area (Å²) in [5.74, 6) is -0.721. The Morgan fingerprint density at radius 1 is 0.865 bits per heavy atom. The first-order valence-corrected chi connectivity index (χ1v) is 13.9. The zero-order valence-electron chi connectivity index (χ0n) is 21.8. The molecule has 196 valence electrons. The molecular weight excluding hydrogens is 486 g/mol. The van der Waals surface area contributed by atoms with Crippen molar-refractivity contribution in [3.63, 3.8) is 0 Å². The van der Waals surface area contributed by atoms with Crippen molar-refractivity contribution in [1.29, 1.82) is 0 Å². The molecule has 0 spiro atoms. The fourth-order valence-electron chi connectivity index (χ4n) is 4.23. The summed E-state index contributed by atoms with van der Waals surface area (Å²) in [7, 11) is -4.07. The van der Waals surface area contributed by atoms with Crippen LogP contribution in [-0.2, 0) is 26.2 Å². The molecule has 3 aromatic carbocycles. The van der Waals surface area contributed by atoms with E-state index in [9.17, 15) is 18.0 Å². The van der Waals surface area contributed by atoms with Crippen LogP contribution in [0.15, 0.2) is 83.8 Å². The number of nitrogens with one attached hydrogen (secondary N) is 1. The highest BCUT2D eigenvalue weighted by molar-refractivity contribution is 7.92. The number of carbonyl (C=O) groups excluding carboxylic acids is 2. The summed E-state index contributed by atoms with van der Waals surface area (Å²) in [6.07, 6.45) is 0.388. The zero-order valence-corrected chi connectivity index (χ0v) is 22.7. The predicted molar refractivity (Wildman–Crippen MR) is 147 cm³/mol. The predicted octanol–water partition coefficient (Wildman–Crippen LogP) is 4.44. The van der Waals surface area contributed by atoms with E-state index < -0.39 is 28.5 Å². The van der Waals surface area contributed by atoms with Gasteiger partial charge in [-0.05, 0) is 62.1 Å². The molecule has 7 nitrogen and oxygen atoms in total. The number of hydrogen-bond acceptors (Lipinski definition) is 4. The summed E-state index contributed by atoms with van der Waals surface area (Å²) in [6, 6.07) is 22.1. The summed E-state index contributed by atoms with van der Waals surface area (Å²) < 4.78 is 28.9. The van der Waals surface area contributed by atoms with Gasteiger partial charge in [-0.3, -0.25) is 13.9 Å². The maximum atomic E-state index is 14.0. The Balaban J connectivity index is 2.08. The van der Waals surface area contributed by atoms with Gasteiger partial charge in [0, 0.05) is 13.1 Å². The van der Waals surface area contributed by atoms with Gasteiger partial charge in [0.2, 0.25) is 11.8 Å². The number of carbonyl (C=O) groups is 2. The average Bonchev–Trinajstić information content (AvgIpc) is 2.90. The molecule has 0 aliphatic rings. The highest BCUT2D eigenvalue weighted by Crippen LogP contribution is 2.29. The van der Waals surface area contributed by atoms with Crippen LogP contribution in [0.3, 0.4) is 0 Å². The lowest BCUT2D eigenvalue weighted by Crippen LogP contribution is -2.52. The number of nitrogens with zero attached hydrogens (tertiary/aromatic N) is 2. The first kappa shape index (κ1) is 27.9.